The Morgan fingerprint density at radius 2 is 1.79 bits per heavy atom. The SMILES string of the molecule is Cl.Cl.c1cc(-c2noc(C3CCNCC3)n2)ccn1. The Balaban J connectivity index is 0.000000902. The van der Waals surface area contributed by atoms with Gasteiger partial charge in [-0.2, -0.15) is 4.98 Å². The van der Waals surface area contributed by atoms with E-state index >= 15 is 0 Å². The number of nitrogens with one attached hydrogen (secondary N) is 1. The molecule has 3 rings (SSSR count). The second-order valence-corrected chi connectivity index (χ2v) is 4.22. The summed E-state index contributed by atoms with van der Waals surface area (Å²) in [6.45, 7) is 2.05. The van der Waals surface area contributed by atoms with Gasteiger partial charge in [-0.3, -0.25) is 4.98 Å². The fraction of sp³-hybridized carbons (Fsp3) is 0.417. The van der Waals surface area contributed by atoms with Crippen LogP contribution in [-0.4, -0.2) is 28.2 Å². The van der Waals surface area contributed by atoms with Crippen molar-refractivity contribution in [3.63, 3.8) is 0 Å². The van der Waals surface area contributed by atoms with Crippen LogP contribution in [-0.2, 0) is 0 Å². The third kappa shape index (κ3) is 3.65. The molecular weight excluding hydrogens is 287 g/mol. The smallest absolute Gasteiger partial charge is 0.230 e. The summed E-state index contributed by atoms with van der Waals surface area (Å²) in [4.78, 5) is 8.44. The van der Waals surface area contributed by atoms with Crippen molar-refractivity contribution in [2.75, 3.05) is 13.1 Å². The van der Waals surface area contributed by atoms with Crippen LogP contribution in [0.25, 0.3) is 11.4 Å². The molecule has 0 saturated carbocycles. The maximum Gasteiger partial charge on any atom is 0.230 e. The van der Waals surface area contributed by atoms with Gasteiger partial charge in [0.25, 0.3) is 0 Å². The fourth-order valence-electron chi connectivity index (χ4n) is 2.09. The molecule has 104 valence electrons. The van der Waals surface area contributed by atoms with Crippen molar-refractivity contribution in [3.8, 4) is 11.4 Å². The first kappa shape index (κ1) is 15.9. The van der Waals surface area contributed by atoms with Crippen LogP contribution in [0.2, 0.25) is 0 Å². The van der Waals surface area contributed by atoms with Gasteiger partial charge in [0.2, 0.25) is 11.7 Å². The standard InChI is InChI=1S/C12H14N4O.2ClH/c1-5-13-6-2-9(1)11-15-12(17-16-11)10-3-7-14-8-4-10;;/h1-2,5-6,10,14H,3-4,7-8H2;2*1H. The van der Waals surface area contributed by atoms with Gasteiger partial charge in [-0.1, -0.05) is 5.16 Å². The Hall–Kier alpha value is -1.17. The van der Waals surface area contributed by atoms with Crippen molar-refractivity contribution < 1.29 is 4.52 Å². The van der Waals surface area contributed by atoms with E-state index in [1.807, 2.05) is 12.1 Å². The molecule has 0 bridgehead atoms. The van der Waals surface area contributed by atoms with Gasteiger partial charge in [0.1, 0.15) is 0 Å². The van der Waals surface area contributed by atoms with Gasteiger partial charge in [-0.25, -0.2) is 0 Å². The molecule has 1 fully saturated rings. The van der Waals surface area contributed by atoms with Gasteiger partial charge in [0, 0.05) is 23.9 Å². The molecule has 1 N–H and O–H groups in total. The molecule has 0 aliphatic carbocycles. The summed E-state index contributed by atoms with van der Waals surface area (Å²) in [6.07, 6.45) is 5.60. The summed E-state index contributed by atoms with van der Waals surface area (Å²) in [5, 5.41) is 7.35. The summed E-state index contributed by atoms with van der Waals surface area (Å²) in [5.74, 6) is 1.82. The number of halogens is 2. The van der Waals surface area contributed by atoms with Crippen molar-refractivity contribution in [1.82, 2.24) is 20.4 Å². The maximum absolute atomic E-state index is 5.35. The largest absolute Gasteiger partial charge is 0.339 e. The lowest BCUT2D eigenvalue weighted by molar-refractivity contribution is 0.320. The maximum atomic E-state index is 5.35. The van der Waals surface area contributed by atoms with E-state index in [9.17, 15) is 0 Å². The Labute approximate surface area is 124 Å². The Kier molecular flexibility index (Phi) is 6.21. The summed E-state index contributed by atoms with van der Waals surface area (Å²) >= 11 is 0. The molecular formula is C12H16Cl2N4O. The highest BCUT2D eigenvalue weighted by atomic mass is 35.5. The van der Waals surface area contributed by atoms with Gasteiger partial charge in [-0.05, 0) is 38.1 Å². The average molecular weight is 303 g/mol. The zero-order valence-electron chi connectivity index (χ0n) is 10.3. The van der Waals surface area contributed by atoms with Gasteiger partial charge in [0.05, 0.1) is 0 Å². The van der Waals surface area contributed by atoms with Crippen LogP contribution in [0.3, 0.4) is 0 Å². The number of pyridine rings is 1. The van der Waals surface area contributed by atoms with E-state index in [0.717, 1.165) is 37.4 Å². The van der Waals surface area contributed by atoms with Crippen LogP contribution in [0.4, 0.5) is 0 Å². The predicted octanol–water partition coefficient (Wildman–Crippen LogP) is 2.44. The number of rotatable bonds is 2. The summed E-state index contributed by atoms with van der Waals surface area (Å²) in [7, 11) is 0. The van der Waals surface area contributed by atoms with E-state index < -0.39 is 0 Å². The van der Waals surface area contributed by atoms with E-state index in [4.69, 9.17) is 4.52 Å². The minimum absolute atomic E-state index is 0. The Morgan fingerprint density at radius 1 is 1.11 bits per heavy atom. The molecule has 0 unspecified atom stereocenters. The molecule has 2 aromatic rings. The quantitative estimate of drug-likeness (QED) is 0.923. The van der Waals surface area contributed by atoms with Gasteiger partial charge in [0.15, 0.2) is 0 Å². The highest BCUT2D eigenvalue weighted by Gasteiger charge is 2.21. The number of piperidine rings is 1. The monoisotopic (exact) mass is 302 g/mol. The third-order valence-electron chi connectivity index (χ3n) is 3.07. The Morgan fingerprint density at radius 3 is 2.47 bits per heavy atom. The van der Waals surface area contributed by atoms with Crippen molar-refractivity contribution in [2.45, 2.75) is 18.8 Å². The van der Waals surface area contributed by atoms with Crippen molar-refractivity contribution >= 4 is 24.8 Å². The molecule has 0 spiro atoms. The fourth-order valence-corrected chi connectivity index (χ4v) is 2.09. The predicted molar refractivity (Wildman–Crippen MR) is 76.9 cm³/mol. The van der Waals surface area contributed by atoms with Crippen molar-refractivity contribution in [3.05, 3.63) is 30.4 Å². The second-order valence-electron chi connectivity index (χ2n) is 4.22. The molecule has 0 amide bonds. The molecule has 1 aliphatic rings. The second kappa shape index (κ2) is 7.43. The molecule has 0 atom stereocenters. The van der Waals surface area contributed by atoms with E-state index in [2.05, 4.69) is 20.4 Å². The molecule has 5 nitrogen and oxygen atoms in total. The number of aromatic nitrogens is 3. The van der Waals surface area contributed by atoms with Crippen LogP contribution in [0.1, 0.15) is 24.7 Å². The lowest BCUT2D eigenvalue weighted by Gasteiger charge is -2.18. The number of hydrogen-bond acceptors (Lipinski definition) is 5. The van der Waals surface area contributed by atoms with E-state index in [-0.39, 0.29) is 24.8 Å². The molecule has 0 aromatic carbocycles. The molecule has 7 heteroatoms. The number of nitrogens with zero attached hydrogens (tertiary/aromatic N) is 3. The van der Waals surface area contributed by atoms with Crippen LogP contribution in [0.5, 0.6) is 0 Å². The minimum Gasteiger partial charge on any atom is -0.339 e. The van der Waals surface area contributed by atoms with Crippen molar-refractivity contribution in [1.29, 1.82) is 0 Å². The summed E-state index contributed by atoms with van der Waals surface area (Å²) < 4.78 is 5.35. The molecule has 2 aromatic heterocycles. The lowest BCUT2D eigenvalue weighted by atomic mass is 9.98. The minimum atomic E-state index is 0. The van der Waals surface area contributed by atoms with E-state index in [0.29, 0.717) is 11.7 Å². The first-order valence-electron chi connectivity index (χ1n) is 5.88. The van der Waals surface area contributed by atoms with Gasteiger partial charge < -0.3 is 9.84 Å². The third-order valence-corrected chi connectivity index (χ3v) is 3.07. The molecule has 1 aliphatic heterocycles. The highest BCUT2D eigenvalue weighted by molar-refractivity contribution is 5.85. The molecule has 0 radical (unpaired) electrons. The van der Waals surface area contributed by atoms with E-state index in [1.54, 1.807) is 12.4 Å². The average Bonchev–Trinajstić information content (AvgIpc) is 2.90. The van der Waals surface area contributed by atoms with Gasteiger partial charge in [-0.15, -0.1) is 24.8 Å². The topological polar surface area (TPSA) is 63.8 Å². The van der Waals surface area contributed by atoms with E-state index in [1.165, 1.54) is 0 Å². The zero-order valence-corrected chi connectivity index (χ0v) is 11.9. The van der Waals surface area contributed by atoms with Crippen LogP contribution >= 0.6 is 24.8 Å². The van der Waals surface area contributed by atoms with Gasteiger partial charge >= 0.3 is 0 Å². The normalized spacial score (nSPS) is 15.4. The first-order chi connectivity index (χ1) is 8.43. The summed E-state index contributed by atoms with van der Waals surface area (Å²) in [5.41, 5.74) is 0.948. The molecule has 1 saturated heterocycles. The van der Waals surface area contributed by atoms with Crippen LogP contribution in [0, 0.1) is 0 Å². The first-order valence-corrected chi connectivity index (χ1v) is 5.88. The molecule has 3 heterocycles. The Bertz CT molecular complexity index is 485. The van der Waals surface area contributed by atoms with Crippen LogP contribution < -0.4 is 5.32 Å². The zero-order chi connectivity index (χ0) is 11.5. The lowest BCUT2D eigenvalue weighted by Crippen LogP contribution is -2.26. The molecule has 19 heavy (non-hydrogen) atoms. The highest BCUT2D eigenvalue weighted by Crippen LogP contribution is 2.25. The van der Waals surface area contributed by atoms with Crippen molar-refractivity contribution in [2.24, 2.45) is 0 Å². The summed E-state index contributed by atoms with van der Waals surface area (Å²) in [6, 6.07) is 3.77. The van der Waals surface area contributed by atoms with Crippen LogP contribution in [0.15, 0.2) is 29.0 Å². The number of hydrogen-bond donors (Lipinski definition) is 1.